The Labute approximate surface area is 179 Å². The average molecular weight is 425 g/mol. The van der Waals surface area contributed by atoms with Gasteiger partial charge in [-0.05, 0) is 41.8 Å². The van der Waals surface area contributed by atoms with Crippen molar-refractivity contribution < 1.29 is 9.53 Å². The number of ether oxygens (including phenoxy) is 1. The van der Waals surface area contributed by atoms with Crippen molar-refractivity contribution in [3.05, 3.63) is 81.8 Å². The minimum atomic E-state index is -0.0670. The van der Waals surface area contributed by atoms with E-state index < -0.39 is 0 Å². The van der Waals surface area contributed by atoms with Crippen LogP contribution in [0.2, 0.25) is 4.34 Å². The number of amides is 1. The van der Waals surface area contributed by atoms with Crippen molar-refractivity contribution in [3.63, 3.8) is 0 Å². The zero-order valence-corrected chi connectivity index (χ0v) is 17.7. The minimum absolute atomic E-state index is 0.0262. The van der Waals surface area contributed by atoms with E-state index in [4.69, 9.17) is 16.3 Å². The predicted molar refractivity (Wildman–Crippen MR) is 118 cm³/mol. The summed E-state index contributed by atoms with van der Waals surface area (Å²) in [6.07, 6.45) is 4.94. The molecule has 0 saturated heterocycles. The second-order valence-electron chi connectivity index (χ2n) is 6.83. The van der Waals surface area contributed by atoms with Crippen molar-refractivity contribution in [2.24, 2.45) is 0 Å². The first-order chi connectivity index (χ1) is 14.1. The number of aromatic nitrogens is 1. The van der Waals surface area contributed by atoms with Crippen LogP contribution >= 0.6 is 22.9 Å². The molecule has 0 aliphatic carbocycles. The van der Waals surface area contributed by atoms with Crippen molar-refractivity contribution in [1.29, 1.82) is 0 Å². The lowest BCUT2D eigenvalue weighted by Gasteiger charge is -2.33. The Morgan fingerprint density at radius 2 is 2.17 bits per heavy atom. The van der Waals surface area contributed by atoms with Crippen LogP contribution in [0.15, 0.2) is 61.4 Å². The summed E-state index contributed by atoms with van der Waals surface area (Å²) < 4.78 is 6.37. The van der Waals surface area contributed by atoms with E-state index in [2.05, 4.69) is 23.7 Å². The number of carbonyl (C=O) groups excluding carboxylic acids is 1. The first-order valence-corrected chi connectivity index (χ1v) is 10.7. The van der Waals surface area contributed by atoms with Crippen LogP contribution in [0.25, 0.3) is 11.1 Å². The molecule has 0 N–H and O–H groups in total. The van der Waals surface area contributed by atoms with E-state index in [0.29, 0.717) is 19.7 Å². The molecule has 1 aromatic carbocycles. The van der Waals surface area contributed by atoms with E-state index in [0.717, 1.165) is 31.7 Å². The number of hydrogen-bond acceptors (Lipinski definition) is 4. The summed E-state index contributed by atoms with van der Waals surface area (Å²) in [5.74, 6) is 0.701. The average Bonchev–Trinajstić information content (AvgIpc) is 3.13. The number of carbonyl (C=O) groups is 1. The summed E-state index contributed by atoms with van der Waals surface area (Å²) >= 11 is 7.88. The highest BCUT2D eigenvalue weighted by Crippen LogP contribution is 2.43. The maximum absolute atomic E-state index is 12.4. The molecule has 1 atom stereocenters. The molecule has 4 nitrogen and oxygen atoms in total. The van der Waals surface area contributed by atoms with Gasteiger partial charge >= 0.3 is 0 Å². The lowest BCUT2D eigenvalue weighted by Crippen LogP contribution is -2.37. The predicted octanol–water partition coefficient (Wildman–Crippen LogP) is 5.52. The van der Waals surface area contributed by atoms with Gasteiger partial charge in [0.05, 0.1) is 23.7 Å². The molecular weight excluding hydrogens is 404 g/mol. The Kier molecular flexibility index (Phi) is 5.69. The van der Waals surface area contributed by atoms with Crippen molar-refractivity contribution >= 4 is 28.8 Å². The molecule has 0 saturated carbocycles. The van der Waals surface area contributed by atoms with Crippen LogP contribution in [-0.4, -0.2) is 28.9 Å². The molecule has 0 unspecified atom stereocenters. The van der Waals surface area contributed by atoms with Crippen molar-refractivity contribution in [2.75, 3.05) is 13.2 Å². The van der Waals surface area contributed by atoms with Crippen LogP contribution < -0.4 is 4.74 Å². The third-order valence-corrected chi connectivity index (χ3v) is 6.35. The Hall–Kier alpha value is -2.63. The monoisotopic (exact) mass is 424 g/mol. The van der Waals surface area contributed by atoms with E-state index in [1.807, 2.05) is 42.3 Å². The second-order valence-corrected chi connectivity index (χ2v) is 8.60. The summed E-state index contributed by atoms with van der Waals surface area (Å²) in [6, 6.07) is 12.3. The summed E-state index contributed by atoms with van der Waals surface area (Å²) in [4.78, 5) is 19.7. The van der Waals surface area contributed by atoms with Crippen LogP contribution in [0.5, 0.6) is 5.75 Å². The third-order valence-electron chi connectivity index (χ3n) is 5.08. The number of nitrogens with zero attached hydrogens (tertiary/aromatic N) is 2. The zero-order chi connectivity index (χ0) is 20.4. The number of pyridine rings is 1. The van der Waals surface area contributed by atoms with Gasteiger partial charge in [0.15, 0.2) is 0 Å². The maximum atomic E-state index is 12.4. The second kappa shape index (κ2) is 8.39. The van der Waals surface area contributed by atoms with Gasteiger partial charge in [-0.2, -0.15) is 0 Å². The van der Waals surface area contributed by atoms with Crippen LogP contribution in [0.4, 0.5) is 0 Å². The van der Waals surface area contributed by atoms with E-state index in [-0.39, 0.29) is 11.8 Å². The molecule has 6 heteroatoms. The topological polar surface area (TPSA) is 42.4 Å². The van der Waals surface area contributed by atoms with Gasteiger partial charge in [-0.1, -0.05) is 42.4 Å². The van der Waals surface area contributed by atoms with Crippen LogP contribution in [0.3, 0.4) is 0 Å². The molecule has 0 radical (unpaired) electrons. The molecule has 1 aliphatic heterocycles. The molecule has 4 rings (SSSR count). The highest BCUT2D eigenvalue weighted by molar-refractivity contribution is 7.16. The number of rotatable bonds is 5. The van der Waals surface area contributed by atoms with Gasteiger partial charge in [0.25, 0.3) is 0 Å². The van der Waals surface area contributed by atoms with E-state index in [9.17, 15) is 4.79 Å². The Balaban J connectivity index is 1.81. The number of hydrogen-bond donors (Lipinski definition) is 0. The van der Waals surface area contributed by atoms with Gasteiger partial charge in [0.2, 0.25) is 5.91 Å². The van der Waals surface area contributed by atoms with Crippen molar-refractivity contribution in [3.8, 4) is 16.9 Å². The molecule has 148 valence electrons. The van der Waals surface area contributed by atoms with Crippen LogP contribution in [0.1, 0.15) is 28.8 Å². The Morgan fingerprint density at radius 3 is 2.97 bits per heavy atom. The largest absolute Gasteiger partial charge is 0.492 e. The fraction of sp³-hybridized carbons (Fsp3) is 0.217. The van der Waals surface area contributed by atoms with Gasteiger partial charge in [0, 0.05) is 29.1 Å². The molecule has 3 heterocycles. The molecule has 1 amide bonds. The number of halogens is 1. The van der Waals surface area contributed by atoms with Crippen LogP contribution in [0, 0.1) is 0 Å². The van der Waals surface area contributed by atoms with E-state index in [1.54, 1.807) is 6.20 Å². The molecule has 3 aromatic rings. The molecule has 2 aromatic heterocycles. The minimum Gasteiger partial charge on any atom is -0.492 e. The van der Waals surface area contributed by atoms with Gasteiger partial charge in [-0.25, -0.2) is 0 Å². The third kappa shape index (κ3) is 3.93. The molecular formula is C23H21ClN2O2S. The first kappa shape index (κ1) is 19.7. The molecule has 1 aliphatic rings. The van der Waals surface area contributed by atoms with Crippen LogP contribution in [-0.2, 0) is 11.3 Å². The Bertz CT molecular complexity index is 1060. The smallest absolute Gasteiger partial charge is 0.246 e. The first-order valence-electron chi connectivity index (χ1n) is 9.47. The molecule has 29 heavy (non-hydrogen) atoms. The van der Waals surface area contributed by atoms with Crippen molar-refractivity contribution in [1.82, 2.24) is 9.88 Å². The fourth-order valence-corrected chi connectivity index (χ4v) is 5.18. The fourth-order valence-electron chi connectivity index (χ4n) is 3.82. The molecule has 0 bridgehead atoms. The quantitative estimate of drug-likeness (QED) is 0.506. The van der Waals surface area contributed by atoms with Gasteiger partial charge in [-0.15, -0.1) is 11.3 Å². The van der Waals surface area contributed by atoms with E-state index in [1.165, 1.54) is 23.0 Å². The van der Waals surface area contributed by atoms with Gasteiger partial charge < -0.3 is 9.64 Å². The summed E-state index contributed by atoms with van der Waals surface area (Å²) in [7, 11) is 0. The summed E-state index contributed by atoms with van der Waals surface area (Å²) in [5, 5.41) is 0. The normalized spacial score (nSPS) is 15.7. The zero-order valence-electron chi connectivity index (χ0n) is 16.1. The lowest BCUT2D eigenvalue weighted by molar-refractivity contribution is -0.127. The summed E-state index contributed by atoms with van der Waals surface area (Å²) in [6.45, 7) is 7.34. The number of fused-ring (bicyclic) bond motifs is 1. The maximum Gasteiger partial charge on any atom is 0.246 e. The number of thiophene rings is 1. The highest BCUT2D eigenvalue weighted by Gasteiger charge is 2.31. The van der Waals surface area contributed by atoms with E-state index >= 15 is 0 Å². The lowest BCUT2D eigenvalue weighted by atomic mass is 9.84. The van der Waals surface area contributed by atoms with Gasteiger partial charge in [0.1, 0.15) is 5.75 Å². The summed E-state index contributed by atoms with van der Waals surface area (Å²) in [5.41, 5.74) is 4.39. The SMILES string of the molecule is C=CC(=O)N1Cc2sc(Cl)cc2[C@H](c2ccccc2-c2cncc(OCC)c2)C1. The highest BCUT2D eigenvalue weighted by atomic mass is 35.5. The Morgan fingerprint density at radius 1 is 1.34 bits per heavy atom. The molecule has 0 fully saturated rings. The van der Waals surface area contributed by atoms with Crippen molar-refractivity contribution in [2.45, 2.75) is 19.4 Å². The molecule has 0 spiro atoms. The van der Waals surface area contributed by atoms with Gasteiger partial charge in [-0.3, -0.25) is 9.78 Å². The number of benzene rings is 1. The standard InChI is InChI=1S/C23H21ClN2O2S/c1-3-23(27)26-13-20(19-10-22(24)29-21(19)14-26)18-8-6-5-7-17(18)15-9-16(28-4-2)12-25-11-15/h3,5-12,20H,1,4,13-14H2,2H3/t20-/m0/s1.